The number of carbonyl (C=O) groups excluding carboxylic acids is 1. The largest absolute Gasteiger partial charge is 0.468 e. The number of ether oxygens (including phenoxy) is 1. The molecule has 112 valence electrons. The molecule has 1 rings (SSSR count). The Labute approximate surface area is 117 Å². The molecule has 0 saturated heterocycles. The normalized spacial score (nSPS) is 18.7. The maximum absolute atomic E-state index is 11.5. The minimum Gasteiger partial charge on any atom is -0.468 e. The van der Waals surface area contributed by atoms with Crippen LogP contribution >= 0.6 is 0 Å². The molecule has 19 heavy (non-hydrogen) atoms. The van der Waals surface area contributed by atoms with E-state index in [0.717, 1.165) is 25.3 Å². The van der Waals surface area contributed by atoms with Gasteiger partial charge in [0.05, 0.1) is 7.11 Å². The van der Waals surface area contributed by atoms with Crippen molar-refractivity contribution in [2.45, 2.75) is 64.5 Å². The second kappa shape index (κ2) is 7.25. The summed E-state index contributed by atoms with van der Waals surface area (Å²) in [6.45, 7) is 8.59. The third-order valence-corrected chi connectivity index (χ3v) is 3.96. The average Bonchev–Trinajstić information content (AvgIpc) is 3.15. The Morgan fingerprint density at radius 1 is 1.42 bits per heavy atom. The van der Waals surface area contributed by atoms with Gasteiger partial charge in [-0.2, -0.15) is 0 Å². The molecule has 1 saturated carbocycles. The highest BCUT2D eigenvalue weighted by molar-refractivity contribution is 5.79. The summed E-state index contributed by atoms with van der Waals surface area (Å²) < 4.78 is 4.72. The van der Waals surface area contributed by atoms with Gasteiger partial charge in [0.2, 0.25) is 0 Å². The van der Waals surface area contributed by atoms with Crippen LogP contribution < -0.4 is 5.73 Å². The number of methoxy groups -OCH3 is 1. The number of esters is 1. The van der Waals surface area contributed by atoms with Crippen molar-refractivity contribution in [1.29, 1.82) is 0 Å². The van der Waals surface area contributed by atoms with Crippen molar-refractivity contribution in [3.63, 3.8) is 0 Å². The summed E-state index contributed by atoms with van der Waals surface area (Å²) in [5, 5.41) is 0. The summed E-state index contributed by atoms with van der Waals surface area (Å²) in [6, 6.07) is 0.602. The van der Waals surface area contributed by atoms with Gasteiger partial charge in [-0.1, -0.05) is 0 Å². The molecule has 1 unspecified atom stereocenters. The van der Waals surface area contributed by atoms with Crippen LogP contribution in [-0.4, -0.2) is 42.6 Å². The zero-order valence-electron chi connectivity index (χ0n) is 12.9. The number of rotatable bonds is 9. The van der Waals surface area contributed by atoms with Crippen LogP contribution in [0.2, 0.25) is 0 Å². The van der Waals surface area contributed by atoms with E-state index in [1.165, 1.54) is 26.5 Å². The molecule has 1 fully saturated rings. The fourth-order valence-corrected chi connectivity index (χ4v) is 2.33. The van der Waals surface area contributed by atoms with Crippen molar-refractivity contribution in [3.8, 4) is 0 Å². The molecule has 0 aromatic carbocycles. The first kappa shape index (κ1) is 16.4. The quantitative estimate of drug-likeness (QED) is 0.515. The number of unbranched alkanes of at least 4 members (excludes halogenated alkanes) is 1. The summed E-state index contributed by atoms with van der Waals surface area (Å²) in [5.41, 5.74) is 5.11. The Balaban J connectivity index is 2.22. The summed E-state index contributed by atoms with van der Waals surface area (Å²) in [7, 11) is 1.39. The van der Waals surface area contributed by atoms with Crippen LogP contribution in [0.4, 0.5) is 0 Å². The number of nitrogens with two attached hydrogens (primary N) is 1. The molecular weight excluding hydrogens is 240 g/mol. The van der Waals surface area contributed by atoms with E-state index in [1.807, 2.05) is 0 Å². The highest BCUT2D eigenvalue weighted by Gasteiger charge is 2.29. The molecule has 0 amide bonds. The van der Waals surface area contributed by atoms with Gasteiger partial charge in [-0.15, -0.1) is 0 Å². The van der Waals surface area contributed by atoms with Gasteiger partial charge in [0.25, 0.3) is 0 Å². The van der Waals surface area contributed by atoms with E-state index in [2.05, 4.69) is 18.7 Å². The molecule has 1 atom stereocenters. The first-order valence-electron chi connectivity index (χ1n) is 7.48. The summed E-state index contributed by atoms with van der Waals surface area (Å²) in [5.74, 6) is 0.614. The van der Waals surface area contributed by atoms with Gasteiger partial charge in [0.15, 0.2) is 0 Å². The zero-order valence-corrected chi connectivity index (χ0v) is 12.9. The van der Waals surface area contributed by atoms with Gasteiger partial charge in [-0.05, 0) is 65.3 Å². The molecule has 0 bridgehead atoms. The lowest BCUT2D eigenvalue weighted by Crippen LogP contribution is -2.45. The van der Waals surface area contributed by atoms with E-state index in [9.17, 15) is 4.79 Å². The van der Waals surface area contributed by atoms with Gasteiger partial charge >= 0.3 is 5.97 Å². The summed E-state index contributed by atoms with van der Waals surface area (Å²) in [6.07, 6.45) is 5.54. The van der Waals surface area contributed by atoms with Crippen LogP contribution in [0, 0.1) is 5.92 Å². The molecular formula is C15H30N2O2. The van der Waals surface area contributed by atoms with Gasteiger partial charge < -0.3 is 15.4 Å². The second-order valence-corrected chi connectivity index (χ2v) is 6.40. The van der Waals surface area contributed by atoms with Crippen molar-refractivity contribution in [3.05, 3.63) is 0 Å². The smallest absolute Gasteiger partial charge is 0.325 e. The topological polar surface area (TPSA) is 55.6 Å². The minimum absolute atomic E-state index is 0.314. The first-order valence-corrected chi connectivity index (χ1v) is 7.48. The van der Waals surface area contributed by atoms with E-state index in [0.29, 0.717) is 12.5 Å². The predicted molar refractivity (Wildman–Crippen MR) is 77.9 cm³/mol. The predicted octanol–water partition coefficient (Wildman–Crippen LogP) is 2.17. The number of hydrogen-bond donors (Lipinski definition) is 1. The van der Waals surface area contributed by atoms with E-state index in [-0.39, 0.29) is 5.97 Å². The number of nitrogens with zero attached hydrogens (tertiary/aromatic N) is 1. The Kier molecular flexibility index (Phi) is 6.27. The third kappa shape index (κ3) is 5.91. The van der Waals surface area contributed by atoms with Crippen LogP contribution in [0.5, 0.6) is 0 Å². The Morgan fingerprint density at radius 2 is 2.05 bits per heavy atom. The minimum atomic E-state index is -0.839. The lowest BCUT2D eigenvalue weighted by atomic mass is 9.96. The van der Waals surface area contributed by atoms with E-state index >= 15 is 0 Å². The second-order valence-electron chi connectivity index (χ2n) is 6.40. The lowest BCUT2D eigenvalue weighted by molar-refractivity contribution is -0.146. The highest BCUT2D eigenvalue weighted by atomic mass is 16.5. The fourth-order valence-electron chi connectivity index (χ4n) is 2.33. The van der Waals surface area contributed by atoms with Gasteiger partial charge in [0, 0.05) is 12.6 Å². The van der Waals surface area contributed by atoms with Crippen molar-refractivity contribution < 1.29 is 9.53 Å². The maximum atomic E-state index is 11.5. The van der Waals surface area contributed by atoms with Crippen LogP contribution in [0.1, 0.15) is 52.9 Å². The summed E-state index contributed by atoms with van der Waals surface area (Å²) >= 11 is 0. The summed E-state index contributed by atoms with van der Waals surface area (Å²) in [4.78, 5) is 14.0. The van der Waals surface area contributed by atoms with Crippen molar-refractivity contribution in [2.75, 3.05) is 20.2 Å². The molecule has 0 radical (unpaired) electrons. The Hall–Kier alpha value is -0.610. The van der Waals surface area contributed by atoms with Crippen LogP contribution in [0.25, 0.3) is 0 Å². The highest BCUT2D eigenvalue weighted by Crippen LogP contribution is 2.30. The van der Waals surface area contributed by atoms with Gasteiger partial charge in [-0.3, -0.25) is 4.79 Å². The van der Waals surface area contributed by atoms with Gasteiger partial charge in [0.1, 0.15) is 5.54 Å². The van der Waals surface area contributed by atoms with Crippen LogP contribution in [0.3, 0.4) is 0 Å². The van der Waals surface area contributed by atoms with Crippen molar-refractivity contribution >= 4 is 5.97 Å². The molecule has 0 spiro atoms. The third-order valence-electron chi connectivity index (χ3n) is 3.96. The molecule has 0 heterocycles. The molecule has 2 N–H and O–H groups in total. The number of hydrogen-bond acceptors (Lipinski definition) is 4. The van der Waals surface area contributed by atoms with Crippen molar-refractivity contribution in [2.24, 2.45) is 11.7 Å². The molecule has 0 aliphatic heterocycles. The fraction of sp³-hybridized carbons (Fsp3) is 0.933. The molecule has 0 aromatic rings. The van der Waals surface area contributed by atoms with E-state index in [1.54, 1.807) is 6.92 Å². The van der Waals surface area contributed by atoms with Gasteiger partial charge in [-0.25, -0.2) is 0 Å². The van der Waals surface area contributed by atoms with E-state index in [4.69, 9.17) is 10.5 Å². The molecule has 0 aromatic heterocycles. The zero-order chi connectivity index (χ0) is 14.5. The molecule has 1 aliphatic carbocycles. The first-order chi connectivity index (χ1) is 8.86. The Morgan fingerprint density at radius 3 is 2.53 bits per heavy atom. The van der Waals surface area contributed by atoms with Crippen LogP contribution in [-0.2, 0) is 9.53 Å². The molecule has 1 aliphatic rings. The lowest BCUT2D eigenvalue weighted by Gasteiger charge is -2.27. The molecule has 4 nitrogen and oxygen atoms in total. The average molecular weight is 270 g/mol. The van der Waals surface area contributed by atoms with Crippen molar-refractivity contribution in [1.82, 2.24) is 4.90 Å². The monoisotopic (exact) mass is 270 g/mol. The Bertz CT molecular complexity index is 286. The van der Waals surface area contributed by atoms with E-state index < -0.39 is 5.54 Å². The number of carbonyl (C=O) groups is 1. The maximum Gasteiger partial charge on any atom is 0.325 e. The molecule has 4 heteroatoms. The SMILES string of the molecule is COC(=O)C(C)(N)CCCCN(CC1CC1)C(C)C. The standard InChI is InChI=1S/C15H30N2O2/c1-12(2)17(11-13-7-8-13)10-6-5-9-15(3,16)14(18)19-4/h12-13H,5-11,16H2,1-4H3. The van der Waals surface area contributed by atoms with Crippen LogP contribution in [0.15, 0.2) is 0 Å².